The lowest BCUT2D eigenvalue weighted by Gasteiger charge is -2.40. The molecule has 3 heterocycles. The first-order valence-corrected chi connectivity index (χ1v) is 12.0. The second-order valence-corrected chi connectivity index (χ2v) is 9.25. The highest BCUT2D eigenvalue weighted by molar-refractivity contribution is 5.94. The van der Waals surface area contributed by atoms with Crippen LogP contribution in [-0.4, -0.2) is 56.0 Å². The largest absolute Gasteiger partial charge is 0.478 e. The third kappa shape index (κ3) is 4.61. The number of amides is 1. The highest BCUT2D eigenvalue weighted by atomic mass is 16.4. The van der Waals surface area contributed by atoms with Gasteiger partial charge in [-0.2, -0.15) is 0 Å². The first-order valence-electron chi connectivity index (χ1n) is 12.0. The molecule has 2 aromatic carbocycles. The summed E-state index contributed by atoms with van der Waals surface area (Å²) >= 11 is 0. The summed E-state index contributed by atoms with van der Waals surface area (Å²) in [5.41, 5.74) is 2.06. The van der Waals surface area contributed by atoms with E-state index in [-0.39, 0.29) is 11.9 Å². The van der Waals surface area contributed by atoms with E-state index < -0.39 is 5.97 Å². The normalized spacial score (nSPS) is 19.4. The molecule has 1 saturated heterocycles. The smallest absolute Gasteiger partial charge is 0.335 e. The van der Waals surface area contributed by atoms with Gasteiger partial charge >= 0.3 is 5.97 Å². The molecule has 1 amide bonds. The van der Waals surface area contributed by atoms with Crippen LogP contribution in [-0.2, 0) is 13.1 Å². The van der Waals surface area contributed by atoms with E-state index >= 15 is 0 Å². The van der Waals surface area contributed by atoms with Crippen molar-refractivity contribution in [2.45, 2.75) is 38.4 Å². The van der Waals surface area contributed by atoms with Gasteiger partial charge in [0.25, 0.3) is 5.91 Å². The van der Waals surface area contributed by atoms with E-state index in [1.54, 1.807) is 12.1 Å². The third-order valence-corrected chi connectivity index (χ3v) is 7.10. The van der Waals surface area contributed by atoms with Crippen molar-refractivity contribution in [3.63, 3.8) is 0 Å². The predicted molar refractivity (Wildman–Crippen MR) is 128 cm³/mol. The molecule has 176 valence electrons. The second-order valence-electron chi connectivity index (χ2n) is 9.25. The molecule has 0 radical (unpaired) electrons. The van der Waals surface area contributed by atoms with Crippen LogP contribution in [0.5, 0.6) is 0 Å². The standard InChI is InChI=1S/C27H30N4O3/c32-26(22-7-2-1-3-8-22)30-15-10-21(11-16-30)24-25-28-12-17-29(25)13-5-14-31(24)19-20-6-4-9-23(18-20)27(33)34/h1-4,6-9,12,17-18,21,24H,5,10-11,13-16,19H2,(H,33,34). The molecule has 0 saturated carbocycles. The van der Waals surface area contributed by atoms with Gasteiger partial charge in [0.05, 0.1) is 11.6 Å². The number of fused-ring (bicyclic) bond motifs is 1. The molecule has 2 aliphatic heterocycles. The summed E-state index contributed by atoms with van der Waals surface area (Å²) in [6.45, 7) is 4.01. The summed E-state index contributed by atoms with van der Waals surface area (Å²) in [6.07, 6.45) is 6.79. The van der Waals surface area contributed by atoms with Crippen LogP contribution in [0, 0.1) is 5.92 Å². The van der Waals surface area contributed by atoms with Gasteiger partial charge < -0.3 is 14.6 Å². The molecule has 0 bridgehead atoms. The number of hydrogen-bond donors (Lipinski definition) is 1. The van der Waals surface area contributed by atoms with Crippen LogP contribution < -0.4 is 0 Å². The van der Waals surface area contributed by atoms with Crippen molar-refractivity contribution >= 4 is 11.9 Å². The second kappa shape index (κ2) is 9.81. The van der Waals surface area contributed by atoms with Gasteiger partial charge in [0, 0.05) is 50.7 Å². The summed E-state index contributed by atoms with van der Waals surface area (Å²) in [7, 11) is 0. The monoisotopic (exact) mass is 458 g/mol. The Bertz CT molecular complexity index is 1150. The number of piperidine rings is 1. The van der Waals surface area contributed by atoms with Crippen molar-refractivity contribution in [1.29, 1.82) is 0 Å². The number of imidazole rings is 1. The Labute approximate surface area is 199 Å². The average molecular weight is 459 g/mol. The zero-order valence-electron chi connectivity index (χ0n) is 19.2. The molecule has 0 aliphatic carbocycles. The number of carbonyl (C=O) groups excluding carboxylic acids is 1. The minimum Gasteiger partial charge on any atom is -0.478 e. The Morgan fingerprint density at radius 3 is 2.47 bits per heavy atom. The van der Waals surface area contributed by atoms with Crippen LogP contribution in [0.25, 0.3) is 0 Å². The van der Waals surface area contributed by atoms with E-state index in [0.29, 0.717) is 18.0 Å². The Kier molecular flexibility index (Phi) is 6.45. The van der Waals surface area contributed by atoms with Crippen LogP contribution in [0.1, 0.15) is 57.4 Å². The molecule has 1 fully saturated rings. The molecule has 0 spiro atoms. The highest BCUT2D eigenvalue weighted by Crippen LogP contribution is 2.37. The van der Waals surface area contributed by atoms with Gasteiger partial charge in [-0.25, -0.2) is 9.78 Å². The summed E-state index contributed by atoms with van der Waals surface area (Å²) in [5, 5.41) is 9.41. The van der Waals surface area contributed by atoms with E-state index in [0.717, 1.165) is 62.4 Å². The molecule has 2 aliphatic rings. The van der Waals surface area contributed by atoms with Crippen molar-refractivity contribution in [3.8, 4) is 0 Å². The maximum atomic E-state index is 12.9. The van der Waals surface area contributed by atoms with Crippen LogP contribution in [0.4, 0.5) is 0 Å². The molecule has 3 aromatic rings. The van der Waals surface area contributed by atoms with Crippen molar-refractivity contribution in [2.24, 2.45) is 5.92 Å². The minimum absolute atomic E-state index is 0.101. The Morgan fingerprint density at radius 1 is 0.941 bits per heavy atom. The number of carbonyl (C=O) groups is 2. The number of rotatable bonds is 5. The number of nitrogens with zero attached hydrogens (tertiary/aromatic N) is 4. The van der Waals surface area contributed by atoms with Crippen LogP contribution in [0.3, 0.4) is 0 Å². The molecule has 7 heteroatoms. The molecule has 1 aromatic heterocycles. The summed E-state index contributed by atoms with van der Waals surface area (Å²) in [6, 6.07) is 16.9. The Balaban J connectivity index is 1.36. The van der Waals surface area contributed by atoms with Gasteiger partial charge in [-0.15, -0.1) is 0 Å². The first kappa shape index (κ1) is 22.3. The number of hydrogen-bond acceptors (Lipinski definition) is 4. The Hall–Kier alpha value is -3.45. The van der Waals surface area contributed by atoms with Crippen LogP contribution in [0.15, 0.2) is 67.0 Å². The van der Waals surface area contributed by atoms with E-state index in [9.17, 15) is 14.7 Å². The predicted octanol–water partition coefficient (Wildman–Crippen LogP) is 4.08. The molecule has 7 nitrogen and oxygen atoms in total. The lowest BCUT2D eigenvalue weighted by atomic mass is 9.87. The number of benzene rings is 2. The van der Waals surface area contributed by atoms with E-state index in [1.807, 2.05) is 53.6 Å². The maximum Gasteiger partial charge on any atom is 0.335 e. The van der Waals surface area contributed by atoms with Gasteiger partial charge in [0.2, 0.25) is 0 Å². The number of carboxylic acid groups (broad SMARTS) is 1. The zero-order valence-corrected chi connectivity index (χ0v) is 19.2. The quantitative estimate of drug-likeness (QED) is 0.623. The molecular weight excluding hydrogens is 428 g/mol. The third-order valence-electron chi connectivity index (χ3n) is 7.10. The van der Waals surface area contributed by atoms with Gasteiger partial charge in [-0.3, -0.25) is 9.69 Å². The molecule has 1 atom stereocenters. The Morgan fingerprint density at radius 2 is 1.71 bits per heavy atom. The first-order chi connectivity index (χ1) is 16.6. The summed E-state index contributed by atoms with van der Waals surface area (Å²) in [5.74, 6) is 0.658. The van der Waals surface area contributed by atoms with E-state index in [2.05, 4.69) is 15.7 Å². The van der Waals surface area contributed by atoms with Gasteiger partial charge in [-0.1, -0.05) is 30.3 Å². The van der Waals surface area contributed by atoms with Gasteiger partial charge in [0.1, 0.15) is 5.82 Å². The maximum absolute atomic E-state index is 12.9. The number of aryl methyl sites for hydroxylation is 1. The molecule has 1 unspecified atom stereocenters. The summed E-state index contributed by atoms with van der Waals surface area (Å²) < 4.78 is 2.26. The van der Waals surface area contributed by atoms with E-state index in [1.165, 1.54) is 0 Å². The van der Waals surface area contributed by atoms with Crippen LogP contribution in [0.2, 0.25) is 0 Å². The number of carboxylic acids is 1. The van der Waals surface area contributed by atoms with Crippen molar-refractivity contribution < 1.29 is 14.7 Å². The van der Waals surface area contributed by atoms with Gasteiger partial charge in [0.15, 0.2) is 0 Å². The number of aromatic nitrogens is 2. The van der Waals surface area contributed by atoms with Crippen molar-refractivity contribution in [2.75, 3.05) is 19.6 Å². The molecular formula is C27H30N4O3. The SMILES string of the molecule is O=C(O)c1cccc(CN2CCCn3ccnc3C2C2CCN(C(=O)c3ccccc3)CC2)c1. The van der Waals surface area contributed by atoms with Crippen molar-refractivity contribution in [3.05, 3.63) is 89.5 Å². The van der Waals surface area contributed by atoms with Crippen LogP contribution >= 0.6 is 0 Å². The highest BCUT2D eigenvalue weighted by Gasteiger charge is 2.36. The number of likely N-dealkylation sites (tertiary alicyclic amines) is 1. The lowest BCUT2D eigenvalue weighted by molar-refractivity contribution is 0.0555. The van der Waals surface area contributed by atoms with E-state index in [4.69, 9.17) is 4.98 Å². The lowest BCUT2D eigenvalue weighted by Crippen LogP contribution is -2.43. The average Bonchev–Trinajstić information content (AvgIpc) is 3.26. The molecule has 1 N–H and O–H groups in total. The fourth-order valence-corrected chi connectivity index (χ4v) is 5.43. The fraction of sp³-hybridized carbons (Fsp3) is 0.370. The molecule has 34 heavy (non-hydrogen) atoms. The molecule has 5 rings (SSSR count). The fourth-order valence-electron chi connectivity index (χ4n) is 5.43. The minimum atomic E-state index is -0.903. The topological polar surface area (TPSA) is 78.7 Å². The zero-order chi connectivity index (χ0) is 23.5. The summed E-state index contributed by atoms with van der Waals surface area (Å²) in [4.78, 5) is 33.6. The van der Waals surface area contributed by atoms with Crippen molar-refractivity contribution in [1.82, 2.24) is 19.4 Å². The number of aromatic carboxylic acids is 1. The van der Waals surface area contributed by atoms with Gasteiger partial charge in [-0.05, 0) is 55.0 Å².